The average Bonchev–Trinajstić information content (AvgIpc) is 2.60. The van der Waals surface area contributed by atoms with Gasteiger partial charge in [0.2, 0.25) is 0 Å². The zero-order valence-corrected chi connectivity index (χ0v) is 9.03. The highest BCUT2D eigenvalue weighted by atomic mass is 16.5. The van der Waals surface area contributed by atoms with E-state index in [1.54, 1.807) is 10.9 Å². The summed E-state index contributed by atoms with van der Waals surface area (Å²) in [6.45, 7) is 3.55. The Balaban J connectivity index is 2.50. The van der Waals surface area contributed by atoms with E-state index >= 15 is 0 Å². The summed E-state index contributed by atoms with van der Waals surface area (Å²) in [5, 5.41) is 10.9. The normalized spacial score (nSPS) is 13.1. The topological polar surface area (TPSA) is 52.0 Å². The predicted molar refractivity (Wildman–Crippen MR) is 53.9 cm³/mol. The molecule has 0 radical (unpaired) electrons. The number of aryl methyl sites for hydroxylation is 1. The zero-order chi connectivity index (χ0) is 10.4. The summed E-state index contributed by atoms with van der Waals surface area (Å²) in [4.78, 5) is 0. The quantitative estimate of drug-likeness (QED) is 0.676. The summed E-state index contributed by atoms with van der Waals surface area (Å²) in [7, 11) is 3.79. The first-order chi connectivity index (χ1) is 6.79. The van der Waals surface area contributed by atoms with Gasteiger partial charge in [0.15, 0.2) is 0 Å². The minimum atomic E-state index is 0.168. The number of ether oxygens (including phenoxy) is 1. The SMILES string of the molecule is CCCOCC(NC)c1cnnn1C. The Morgan fingerprint density at radius 3 is 2.93 bits per heavy atom. The number of hydrogen-bond acceptors (Lipinski definition) is 4. The van der Waals surface area contributed by atoms with Crippen LogP contribution in [-0.4, -0.2) is 35.3 Å². The van der Waals surface area contributed by atoms with Crippen LogP contribution in [0.3, 0.4) is 0 Å². The molecule has 14 heavy (non-hydrogen) atoms. The van der Waals surface area contributed by atoms with Gasteiger partial charge in [-0.1, -0.05) is 12.1 Å². The Morgan fingerprint density at radius 2 is 2.43 bits per heavy atom. The summed E-state index contributed by atoms with van der Waals surface area (Å²) >= 11 is 0. The fourth-order valence-corrected chi connectivity index (χ4v) is 1.28. The summed E-state index contributed by atoms with van der Waals surface area (Å²) in [6, 6.07) is 0.168. The number of nitrogens with zero attached hydrogens (tertiary/aromatic N) is 3. The number of likely N-dealkylation sites (N-methyl/N-ethyl adjacent to an activating group) is 1. The second kappa shape index (κ2) is 5.72. The van der Waals surface area contributed by atoms with Crippen molar-refractivity contribution in [3.05, 3.63) is 11.9 Å². The van der Waals surface area contributed by atoms with Gasteiger partial charge in [0.1, 0.15) is 0 Å². The van der Waals surface area contributed by atoms with Crippen LogP contribution in [0.2, 0.25) is 0 Å². The lowest BCUT2D eigenvalue weighted by atomic mass is 10.2. The highest BCUT2D eigenvalue weighted by molar-refractivity contribution is 5.01. The molecule has 1 rings (SSSR count). The molecule has 0 fully saturated rings. The number of nitrogens with one attached hydrogen (secondary N) is 1. The van der Waals surface area contributed by atoms with Gasteiger partial charge < -0.3 is 10.1 Å². The molecule has 1 aromatic rings. The molecule has 80 valence electrons. The molecular weight excluding hydrogens is 180 g/mol. The fraction of sp³-hybridized carbons (Fsp3) is 0.778. The average molecular weight is 198 g/mol. The summed E-state index contributed by atoms with van der Waals surface area (Å²) in [5.74, 6) is 0. The van der Waals surface area contributed by atoms with E-state index in [-0.39, 0.29) is 6.04 Å². The van der Waals surface area contributed by atoms with Crippen molar-refractivity contribution in [2.24, 2.45) is 7.05 Å². The highest BCUT2D eigenvalue weighted by Gasteiger charge is 2.13. The van der Waals surface area contributed by atoms with Crippen LogP contribution in [0.5, 0.6) is 0 Å². The Morgan fingerprint density at radius 1 is 1.64 bits per heavy atom. The van der Waals surface area contributed by atoms with Crippen molar-refractivity contribution in [3.8, 4) is 0 Å². The van der Waals surface area contributed by atoms with Crippen LogP contribution in [0, 0.1) is 0 Å². The van der Waals surface area contributed by atoms with Gasteiger partial charge in [-0.25, -0.2) is 0 Å². The maximum Gasteiger partial charge on any atom is 0.0776 e. The van der Waals surface area contributed by atoms with E-state index < -0.39 is 0 Å². The van der Waals surface area contributed by atoms with Crippen molar-refractivity contribution in [3.63, 3.8) is 0 Å². The minimum Gasteiger partial charge on any atom is -0.379 e. The standard InChI is InChI=1S/C9H18N4O/c1-4-5-14-7-8(10-2)9-6-11-12-13(9)3/h6,8,10H,4-5,7H2,1-3H3. The third-order valence-corrected chi connectivity index (χ3v) is 2.09. The van der Waals surface area contributed by atoms with Crippen LogP contribution >= 0.6 is 0 Å². The van der Waals surface area contributed by atoms with E-state index in [9.17, 15) is 0 Å². The smallest absolute Gasteiger partial charge is 0.0776 e. The molecule has 1 aromatic heterocycles. The molecule has 5 nitrogen and oxygen atoms in total. The first-order valence-electron chi connectivity index (χ1n) is 4.89. The number of rotatable bonds is 6. The van der Waals surface area contributed by atoms with E-state index in [0.29, 0.717) is 6.61 Å². The first kappa shape index (κ1) is 11.1. The van der Waals surface area contributed by atoms with Crippen molar-refractivity contribution in [2.45, 2.75) is 19.4 Å². The predicted octanol–water partition coefficient (Wildman–Crippen LogP) is 0.502. The maximum atomic E-state index is 5.48. The molecule has 1 N–H and O–H groups in total. The molecule has 0 saturated carbocycles. The molecule has 5 heteroatoms. The second-order valence-corrected chi connectivity index (χ2v) is 3.20. The molecule has 0 aliphatic rings. The number of hydrogen-bond donors (Lipinski definition) is 1. The molecule has 0 spiro atoms. The van der Waals surface area contributed by atoms with E-state index in [1.807, 2.05) is 14.1 Å². The molecular formula is C9H18N4O. The first-order valence-corrected chi connectivity index (χ1v) is 4.89. The van der Waals surface area contributed by atoms with E-state index in [4.69, 9.17) is 4.74 Å². The lowest BCUT2D eigenvalue weighted by Crippen LogP contribution is -2.24. The summed E-state index contributed by atoms with van der Waals surface area (Å²) in [6.07, 6.45) is 2.80. The minimum absolute atomic E-state index is 0.168. The molecule has 0 amide bonds. The van der Waals surface area contributed by atoms with Crippen LogP contribution < -0.4 is 5.32 Å². The highest BCUT2D eigenvalue weighted by Crippen LogP contribution is 2.09. The molecule has 1 heterocycles. The van der Waals surface area contributed by atoms with Crippen molar-refractivity contribution >= 4 is 0 Å². The molecule has 0 aliphatic carbocycles. The molecule has 0 aliphatic heterocycles. The fourth-order valence-electron chi connectivity index (χ4n) is 1.28. The van der Waals surface area contributed by atoms with Crippen LogP contribution in [-0.2, 0) is 11.8 Å². The van der Waals surface area contributed by atoms with Crippen LogP contribution in [0.4, 0.5) is 0 Å². The van der Waals surface area contributed by atoms with Gasteiger partial charge in [-0.15, -0.1) is 5.10 Å². The van der Waals surface area contributed by atoms with Crippen molar-refractivity contribution in [1.29, 1.82) is 0 Å². The lowest BCUT2D eigenvalue weighted by Gasteiger charge is -2.15. The van der Waals surface area contributed by atoms with E-state index in [2.05, 4.69) is 22.6 Å². The number of aromatic nitrogens is 3. The van der Waals surface area contributed by atoms with Gasteiger partial charge in [0.05, 0.1) is 24.5 Å². The Hall–Kier alpha value is -0.940. The Bertz CT molecular complexity index is 261. The molecule has 1 atom stereocenters. The zero-order valence-electron chi connectivity index (χ0n) is 9.03. The summed E-state index contributed by atoms with van der Waals surface area (Å²) in [5.41, 5.74) is 1.05. The van der Waals surface area contributed by atoms with Gasteiger partial charge in [-0.2, -0.15) is 0 Å². The second-order valence-electron chi connectivity index (χ2n) is 3.20. The van der Waals surface area contributed by atoms with Crippen molar-refractivity contribution in [1.82, 2.24) is 20.3 Å². The largest absolute Gasteiger partial charge is 0.379 e. The lowest BCUT2D eigenvalue weighted by molar-refractivity contribution is 0.112. The molecule has 0 aromatic carbocycles. The molecule has 0 bridgehead atoms. The molecule has 0 saturated heterocycles. The van der Waals surface area contributed by atoms with Gasteiger partial charge in [-0.05, 0) is 13.5 Å². The Kier molecular flexibility index (Phi) is 4.55. The third kappa shape index (κ3) is 2.78. The van der Waals surface area contributed by atoms with Gasteiger partial charge in [-0.3, -0.25) is 4.68 Å². The van der Waals surface area contributed by atoms with Crippen molar-refractivity contribution < 1.29 is 4.74 Å². The van der Waals surface area contributed by atoms with Crippen molar-refractivity contribution in [2.75, 3.05) is 20.3 Å². The Labute approximate surface area is 84.4 Å². The van der Waals surface area contributed by atoms with E-state index in [0.717, 1.165) is 18.7 Å². The van der Waals surface area contributed by atoms with Crippen LogP contribution in [0.1, 0.15) is 25.1 Å². The van der Waals surface area contributed by atoms with Gasteiger partial charge >= 0.3 is 0 Å². The monoisotopic (exact) mass is 198 g/mol. The molecule has 1 unspecified atom stereocenters. The summed E-state index contributed by atoms with van der Waals surface area (Å²) < 4.78 is 7.24. The maximum absolute atomic E-state index is 5.48. The van der Waals surface area contributed by atoms with Gasteiger partial charge in [0.25, 0.3) is 0 Å². The third-order valence-electron chi connectivity index (χ3n) is 2.09. The van der Waals surface area contributed by atoms with Gasteiger partial charge in [0, 0.05) is 13.7 Å². The van der Waals surface area contributed by atoms with E-state index in [1.165, 1.54) is 0 Å². The van der Waals surface area contributed by atoms with Crippen LogP contribution in [0.15, 0.2) is 6.20 Å². The van der Waals surface area contributed by atoms with Crippen LogP contribution in [0.25, 0.3) is 0 Å².